The molecule has 0 amide bonds. The van der Waals surface area contributed by atoms with Crippen LogP contribution in [0.5, 0.6) is 0 Å². The molecule has 112 valence electrons. The Bertz CT molecular complexity index is 636. The van der Waals surface area contributed by atoms with Gasteiger partial charge in [-0.3, -0.25) is 9.48 Å². The second-order valence-electron chi connectivity index (χ2n) is 4.90. The first kappa shape index (κ1) is 14.9. The first-order valence-corrected chi connectivity index (χ1v) is 6.85. The largest absolute Gasteiger partial charge is 0.480 e. The lowest BCUT2D eigenvalue weighted by atomic mass is 10.2. The Morgan fingerprint density at radius 3 is 2.76 bits per heavy atom. The van der Waals surface area contributed by atoms with E-state index in [0.717, 1.165) is 23.6 Å². The summed E-state index contributed by atoms with van der Waals surface area (Å²) in [5.41, 5.74) is 9.15. The van der Waals surface area contributed by atoms with Gasteiger partial charge in [-0.2, -0.15) is 5.10 Å². The number of carbonyl (C=O) groups is 1. The maximum Gasteiger partial charge on any atom is 0.323 e. The molecule has 0 bridgehead atoms. The Morgan fingerprint density at radius 2 is 2.14 bits per heavy atom. The minimum absolute atomic E-state index is 0.109. The number of carboxylic acid groups (broad SMARTS) is 1. The average Bonchev–Trinajstić information content (AvgIpc) is 2.78. The quantitative estimate of drug-likeness (QED) is 0.793. The molecule has 0 saturated carbocycles. The molecule has 6 heteroatoms. The normalized spacial score (nSPS) is 10.6. The van der Waals surface area contributed by atoms with E-state index in [2.05, 4.69) is 5.10 Å². The molecule has 1 aromatic heterocycles. The highest BCUT2D eigenvalue weighted by molar-refractivity contribution is 5.77. The molecule has 1 aromatic carbocycles. The molecule has 0 fully saturated rings. The molecule has 0 radical (unpaired) electrons. The van der Waals surface area contributed by atoms with Gasteiger partial charge in [-0.05, 0) is 32.0 Å². The van der Waals surface area contributed by atoms with Crippen LogP contribution in [0.2, 0.25) is 0 Å². The molecule has 6 nitrogen and oxygen atoms in total. The van der Waals surface area contributed by atoms with Gasteiger partial charge in [-0.1, -0.05) is 12.1 Å². The van der Waals surface area contributed by atoms with Crippen LogP contribution in [0.3, 0.4) is 0 Å². The molecule has 2 aromatic rings. The van der Waals surface area contributed by atoms with Gasteiger partial charge in [-0.25, -0.2) is 0 Å². The molecule has 3 N–H and O–H groups in total. The summed E-state index contributed by atoms with van der Waals surface area (Å²) in [5, 5.41) is 13.5. The van der Waals surface area contributed by atoms with Crippen LogP contribution < -0.4 is 10.6 Å². The topological polar surface area (TPSA) is 84.4 Å². The van der Waals surface area contributed by atoms with Gasteiger partial charge in [0.05, 0.1) is 29.3 Å². The number of nitrogen functional groups attached to an aromatic ring is 1. The second-order valence-corrected chi connectivity index (χ2v) is 4.90. The van der Waals surface area contributed by atoms with Crippen molar-refractivity contribution in [2.75, 3.05) is 17.2 Å². The lowest BCUT2D eigenvalue weighted by Gasteiger charge is -2.24. The predicted molar refractivity (Wildman–Crippen MR) is 82.2 cm³/mol. The van der Waals surface area contributed by atoms with Crippen molar-refractivity contribution in [3.05, 3.63) is 41.7 Å². The van der Waals surface area contributed by atoms with Crippen molar-refractivity contribution >= 4 is 17.3 Å². The Balaban J connectivity index is 2.33. The Hall–Kier alpha value is -2.50. The summed E-state index contributed by atoms with van der Waals surface area (Å²) in [6.45, 7) is 5.02. The van der Waals surface area contributed by atoms with Crippen LogP contribution in [-0.2, 0) is 17.9 Å². The fourth-order valence-electron chi connectivity index (χ4n) is 2.36. The van der Waals surface area contributed by atoms with Crippen molar-refractivity contribution in [2.24, 2.45) is 0 Å². The Labute approximate surface area is 123 Å². The molecule has 0 aliphatic heterocycles. The minimum Gasteiger partial charge on any atom is -0.480 e. The van der Waals surface area contributed by atoms with Crippen molar-refractivity contribution < 1.29 is 9.90 Å². The third-order valence-electron chi connectivity index (χ3n) is 3.24. The van der Waals surface area contributed by atoms with Gasteiger partial charge in [0.15, 0.2) is 0 Å². The lowest BCUT2D eigenvalue weighted by molar-refractivity contribution is -0.135. The van der Waals surface area contributed by atoms with Crippen LogP contribution in [-0.4, -0.2) is 27.4 Å². The smallest absolute Gasteiger partial charge is 0.323 e. The number of carboxylic acids is 1. The molecular weight excluding hydrogens is 268 g/mol. The third kappa shape index (κ3) is 3.53. The second kappa shape index (κ2) is 6.30. The number of para-hydroxylation sites is 2. The minimum atomic E-state index is -0.891. The van der Waals surface area contributed by atoms with Crippen LogP contribution in [0.25, 0.3) is 0 Å². The van der Waals surface area contributed by atoms with Crippen molar-refractivity contribution in [1.82, 2.24) is 9.78 Å². The maximum atomic E-state index is 11.1. The van der Waals surface area contributed by atoms with Gasteiger partial charge in [0.25, 0.3) is 0 Å². The van der Waals surface area contributed by atoms with Crippen LogP contribution in [0.4, 0.5) is 11.4 Å². The summed E-state index contributed by atoms with van der Waals surface area (Å²) < 4.78 is 1.88. The Kier molecular flexibility index (Phi) is 4.47. The van der Waals surface area contributed by atoms with Crippen molar-refractivity contribution in [3.63, 3.8) is 0 Å². The molecular formula is C15H20N4O2. The van der Waals surface area contributed by atoms with Gasteiger partial charge in [0, 0.05) is 6.54 Å². The van der Waals surface area contributed by atoms with Crippen LogP contribution in [0.1, 0.15) is 18.3 Å². The van der Waals surface area contributed by atoms with E-state index >= 15 is 0 Å². The van der Waals surface area contributed by atoms with E-state index in [4.69, 9.17) is 10.8 Å². The number of hydrogen-bond donors (Lipinski definition) is 2. The van der Waals surface area contributed by atoms with E-state index < -0.39 is 5.97 Å². The number of nitrogens with two attached hydrogens (primary N) is 1. The number of aryl methyl sites for hydroxylation is 2. The number of hydrogen-bond acceptors (Lipinski definition) is 4. The zero-order valence-electron chi connectivity index (χ0n) is 12.3. The van der Waals surface area contributed by atoms with E-state index in [0.29, 0.717) is 12.2 Å². The van der Waals surface area contributed by atoms with Gasteiger partial charge >= 0.3 is 5.97 Å². The number of aromatic nitrogens is 2. The van der Waals surface area contributed by atoms with E-state index in [1.807, 2.05) is 42.8 Å². The summed E-state index contributed by atoms with van der Waals surface area (Å²) in [6.07, 6.45) is 0. The fraction of sp³-hybridized carbons (Fsp3) is 0.333. The molecule has 0 unspecified atom stereocenters. The first-order chi connectivity index (χ1) is 10.0. The van der Waals surface area contributed by atoms with E-state index in [9.17, 15) is 4.79 Å². The van der Waals surface area contributed by atoms with Gasteiger partial charge in [0.2, 0.25) is 0 Å². The molecule has 0 spiro atoms. The lowest BCUT2D eigenvalue weighted by Crippen LogP contribution is -2.30. The van der Waals surface area contributed by atoms with Crippen LogP contribution >= 0.6 is 0 Å². The summed E-state index contributed by atoms with van der Waals surface area (Å²) in [6, 6.07) is 9.25. The summed E-state index contributed by atoms with van der Waals surface area (Å²) in [5.74, 6) is -0.891. The highest BCUT2D eigenvalue weighted by Gasteiger charge is 2.16. The SMILES string of the molecule is CCn1nc(C)cc1CN(CC(=O)O)c1ccccc1N. The highest BCUT2D eigenvalue weighted by atomic mass is 16.4. The van der Waals surface area contributed by atoms with Crippen molar-refractivity contribution in [2.45, 2.75) is 26.9 Å². The average molecular weight is 288 g/mol. The highest BCUT2D eigenvalue weighted by Crippen LogP contribution is 2.24. The van der Waals surface area contributed by atoms with Gasteiger partial charge in [-0.15, -0.1) is 0 Å². The molecule has 1 heterocycles. The standard InChI is InChI=1S/C15H20N4O2/c1-3-19-12(8-11(2)17-19)9-18(10-15(20)21)14-7-5-4-6-13(14)16/h4-8H,3,9-10,16H2,1-2H3,(H,20,21). The molecule has 0 aliphatic carbocycles. The number of aliphatic carboxylic acids is 1. The van der Waals surface area contributed by atoms with Gasteiger partial charge < -0.3 is 15.7 Å². The summed E-state index contributed by atoms with van der Waals surface area (Å²) in [7, 11) is 0. The zero-order chi connectivity index (χ0) is 15.4. The van der Waals surface area contributed by atoms with E-state index in [1.165, 1.54) is 0 Å². The maximum absolute atomic E-state index is 11.1. The number of rotatable bonds is 6. The Morgan fingerprint density at radius 1 is 1.43 bits per heavy atom. The molecule has 2 rings (SSSR count). The summed E-state index contributed by atoms with van der Waals surface area (Å²) in [4.78, 5) is 12.9. The summed E-state index contributed by atoms with van der Waals surface area (Å²) >= 11 is 0. The molecule has 0 saturated heterocycles. The molecule has 0 aliphatic rings. The van der Waals surface area contributed by atoms with Gasteiger partial charge in [0.1, 0.15) is 6.54 Å². The van der Waals surface area contributed by atoms with E-state index in [1.54, 1.807) is 11.0 Å². The van der Waals surface area contributed by atoms with Crippen LogP contribution in [0, 0.1) is 6.92 Å². The predicted octanol–water partition coefficient (Wildman–Crippen LogP) is 1.88. The number of nitrogens with zero attached hydrogens (tertiary/aromatic N) is 3. The van der Waals surface area contributed by atoms with Crippen molar-refractivity contribution in [3.8, 4) is 0 Å². The molecule has 0 atom stereocenters. The number of benzene rings is 1. The fourth-order valence-corrected chi connectivity index (χ4v) is 2.36. The zero-order valence-corrected chi connectivity index (χ0v) is 12.3. The monoisotopic (exact) mass is 288 g/mol. The van der Waals surface area contributed by atoms with Crippen LogP contribution in [0.15, 0.2) is 30.3 Å². The number of anilines is 2. The first-order valence-electron chi connectivity index (χ1n) is 6.85. The third-order valence-corrected chi connectivity index (χ3v) is 3.24. The van der Waals surface area contributed by atoms with E-state index in [-0.39, 0.29) is 6.54 Å². The molecule has 21 heavy (non-hydrogen) atoms. The van der Waals surface area contributed by atoms with Crippen molar-refractivity contribution in [1.29, 1.82) is 0 Å².